The first-order valence-corrected chi connectivity index (χ1v) is 10.5. The van der Waals surface area contributed by atoms with Crippen molar-refractivity contribution in [1.29, 1.82) is 0 Å². The Morgan fingerprint density at radius 2 is 1.61 bits per heavy atom. The van der Waals surface area contributed by atoms with Crippen LogP contribution in [0.1, 0.15) is 31.2 Å². The summed E-state index contributed by atoms with van der Waals surface area (Å²) in [4.78, 5) is 7.29. The van der Waals surface area contributed by atoms with Gasteiger partial charge in [0.05, 0.1) is 5.56 Å². The van der Waals surface area contributed by atoms with Crippen LogP contribution in [0.15, 0.2) is 24.3 Å². The Morgan fingerprint density at radius 1 is 0.857 bits per heavy atom. The Kier molecular flexibility index (Phi) is 6.13. The van der Waals surface area contributed by atoms with Crippen molar-refractivity contribution in [3.8, 4) is 0 Å². The minimum atomic E-state index is -4.28. The van der Waals surface area contributed by atoms with Gasteiger partial charge in [-0.25, -0.2) is 0 Å². The van der Waals surface area contributed by atoms with Gasteiger partial charge in [0, 0.05) is 63.7 Å². The molecule has 1 atom stereocenters. The number of piperazine rings is 1. The fraction of sp³-hybridized carbons (Fsp3) is 0.714. The van der Waals surface area contributed by atoms with E-state index in [0.717, 1.165) is 64.8 Å². The van der Waals surface area contributed by atoms with Gasteiger partial charge in [-0.3, -0.25) is 9.80 Å². The van der Waals surface area contributed by atoms with E-state index in [-0.39, 0.29) is 0 Å². The van der Waals surface area contributed by atoms with Gasteiger partial charge in [0.25, 0.3) is 0 Å². The van der Waals surface area contributed by atoms with Gasteiger partial charge in [-0.05, 0) is 50.4 Å². The highest BCUT2D eigenvalue weighted by molar-refractivity contribution is 5.49. The highest BCUT2D eigenvalue weighted by Gasteiger charge is 2.33. The lowest BCUT2D eigenvalue weighted by atomic mass is 9.98. The average Bonchev–Trinajstić information content (AvgIpc) is 2.74. The molecule has 1 aromatic carbocycles. The second kappa shape index (κ2) is 8.59. The van der Waals surface area contributed by atoms with Crippen LogP contribution < -0.4 is 4.90 Å². The third-order valence-corrected chi connectivity index (χ3v) is 6.50. The van der Waals surface area contributed by atoms with E-state index in [1.807, 2.05) is 0 Å². The minimum absolute atomic E-state index is 0.563. The van der Waals surface area contributed by atoms with Crippen molar-refractivity contribution in [1.82, 2.24) is 9.80 Å². The predicted octanol–water partition coefficient (Wildman–Crippen LogP) is 3.47. The van der Waals surface area contributed by atoms with Gasteiger partial charge in [0.2, 0.25) is 0 Å². The Morgan fingerprint density at radius 3 is 2.32 bits per heavy atom. The van der Waals surface area contributed by atoms with Crippen LogP contribution in [0.25, 0.3) is 0 Å². The van der Waals surface area contributed by atoms with E-state index < -0.39 is 11.7 Å². The number of nitrogens with zero attached hydrogens (tertiary/aromatic N) is 3. The number of alkyl halides is 3. The molecule has 156 valence electrons. The molecule has 3 heterocycles. The second-order valence-corrected chi connectivity index (χ2v) is 8.21. The zero-order valence-electron chi connectivity index (χ0n) is 16.3. The lowest BCUT2D eigenvalue weighted by molar-refractivity contribution is -0.137. The van der Waals surface area contributed by atoms with Crippen LogP contribution in [0.4, 0.5) is 18.9 Å². The van der Waals surface area contributed by atoms with E-state index in [1.165, 1.54) is 31.5 Å². The van der Waals surface area contributed by atoms with Gasteiger partial charge in [-0.15, -0.1) is 0 Å². The zero-order chi connectivity index (χ0) is 19.6. The van der Waals surface area contributed by atoms with E-state index in [4.69, 9.17) is 4.74 Å². The van der Waals surface area contributed by atoms with Crippen LogP contribution in [-0.4, -0.2) is 74.4 Å². The first kappa shape index (κ1) is 20.0. The SMILES string of the molecule is FC(F)(F)c1cccc(N2CCN(C3CCCN(C4CCOCC4)C3)CC2)c1. The number of hydrogen-bond acceptors (Lipinski definition) is 4. The van der Waals surface area contributed by atoms with E-state index in [1.54, 1.807) is 6.07 Å². The molecule has 0 N–H and O–H groups in total. The number of piperidine rings is 1. The Balaban J connectivity index is 1.32. The average molecular weight is 397 g/mol. The summed E-state index contributed by atoms with van der Waals surface area (Å²) in [6.07, 6.45) is 0.443. The summed E-state index contributed by atoms with van der Waals surface area (Å²) in [6, 6.07) is 6.95. The summed E-state index contributed by atoms with van der Waals surface area (Å²) < 4.78 is 44.5. The molecular formula is C21H30F3N3O. The fourth-order valence-corrected chi connectivity index (χ4v) is 4.89. The fourth-order valence-electron chi connectivity index (χ4n) is 4.89. The number of anilines is 1. The second-order valence-electron chi connectivity index (χ2n) is 8.21. The van der Waals surface area contributed by atoms with E-state index >= 15 is 0 Å². The number of likely N-dealkylation sites (tertiary alicyclic amines) is 1. The third-order valence-electron chi connectivity index (χ3n) is 6.50. The molecule has 4 nitrogen and oxygen atoms in total. The number of rotatable bonds is 3. The Labute approximate surface area is 165 Å². The molecule has 0 radical (unpaired) electrons. The first-order valence-electron chi connectivity index (χ1n) is 10.5. The van der Waals surface area contributed by atoms with Gasteiger partial charge in [0.15, 0.2) is 0 Å². The van der Waals surface area contributed by atoms with Gasteiger partial charge in [-0.2, -0.15) is 13.2 Å². The molecule has 3 aliphatic rings. The highest BCUT2D eigenvalue weighted by Crippen LogP contribution is 2.32. The first-order chi connectivity index (χ1) is 13.5. The van der Waals surface area contributed by atoms with E-state index in [0.29, 0.717) is 17.8 Å². The summed E-state index contributed by atoms with van der Waals surface area (Å²) >= 11 is 0. The molecule has 0 aliphatic carbocycles. The quantitative estimate of drug-likeness (QED) is 0.777. The van der Waals surface area contributed by atoms with Gasteiger partial charge in [0.1, 0.15) is 0 Å². The van der Waals surface area contributed by atoms with Crippen LogP contribution in [0.5, 0.6) is 0 Å². The predicted molar refractivity (Wildman–Crippen MR) is 104 cm³/mol. The molecule has 0 amide bonds. The lowest BCUT2D eigenvalue weighted by Crippen LogP contribution is -2.56. The van der Waals surface area contributed by atoms with Crippen LogP contribution in [-0.2, 0) is 10.9 Å². The number of ether oxygens (including phenoxy) is 1. The molecule has 3 aliphatic heterocycles. The van der Waals surface area contributed by atoms with E-state index in [9.17, 15) is 13.2 Å². The third kappa shape index (κ3) is 4.63. The highest BCUT2D eigenvalue weighted by atomic mass is 19.4. The molecule has 0 bridgehead atoms. The van der Waals surface area contributed by atoms with Crippen LogP contribution in [0, 0.1) is 0 Å². The Bertz CT molecular complexity index is 640. The van der Waals surface area contributed by atoms with Gasteiger partial charge in [-0.1, -0.05) is 6.07 Å². The van der Waals surface area contributed by atoms with Crippen molar-refractivity contribution in [2.24, 2.45) is 0 Å². The lowest BCUT2D eigenvalue weighted by Gasteiger charge is -2.46. The molecule has 28 heavy (non-hydrogen) atoms. The summed E-state index contributed by atoms with van der Waals surface area (Å²) in [5.41, 5.74) is 0.119. The van der Waals surface area contributed by atoms with Crippen molar-refractivity contribution < 1.29 is 17.9 Å². The molecule has 7 heteroatoms. The van der Waals surface area contributed by atoms with Crippen LogP contribution >= 0.6 is 0 Å². The smallest absolute Gasteiger partial charge is 0.381 e. The molecule has 3 fully saturated rings. The van der Waals surface area contributed by atoms with Crippen molar-refractivity contribution in [2.45, 2.75) is 43.9 Å². The van der Waals surface area contributed by atoms with Gasteiger partial charge >= 0.3 is 6.18 Å². The molecule has 1 aromatic rings. The number of benzene rings is 1. The van der Waals surface area contributed by atoms with Crippen LogP contribution in [0.3, 0.4) is 0 Å². The van der Waals surface area contributed by atoms with Gasteiger partial charge < -0.3 is 9.64 Å². The molecule has 0 aromatic heterocycles. The maximum Gasteiger partial charge on any atom is 0.416 e. The minimum Gasteiger partial charge on any atom is -0.381 e. The standard InChI is InChI=1S/C21H30F3N3O/c22-21(23,24)17-3-1-4-19(15-17)25-9-11-26(12-10-25)20-5-2-8-27(16-20)18-6-13-28-14-7-18/h1,3-4,15,18,20H,2,5-14,16H2. The molecule has 3 saturated heterocycles. The Hall–Kier alpha value is -1.31. The van der Waals surface area contributed by atoms with Crippen molar-refractivity contribution in [2.75, 3.05) is 57.4 Å². The molecular weight excluding hydrogens is 367 g/mol. The number of hydrogen-bond donors (Lipinski definition) is 0. The van der Waals surface area contributed by atoms with Crippen molar-refractivity contribution in [3.63, 3.8) is 0 Å². The molecule has 1 unspecified atom stereocenters. The summed E-state index contributed by atoms with van der Waals surface area (Å²) in [7, 11) is 0. The summed E-state index contributed by atoms with van der Waals surface area (Å²) in [5, 5.41) is 0. The normalized spacial score (nSPS) is 26.5. The maximum absolute atomic E-state index is 13.0. The topological polar surface area (TPSA) is 19.0 Å². The zero-order valence-corrected chi connectivity index (χ0v) is 16.3. The maximum atomic E-state index is 13.0. The molecule has 0 spiro atoms. The molecule has 0 saturated carbocycles. The van der Waals surface area contributed by atoms with Crippen molar-refractivity contribution in [3.05, 3.63) is 29.8 Å². The largest absolute Gasteiger partial charge is 0.416 e. The van der Waals surface area contributed by atoms with E-state index in [2.05, 4.69) is 14.7 Å². The van der Waals surface area contributed by atoms with Crippen molar-refractivity contribution >= 4 is 5.69 Å². The summed E-state index contributed by atoms with van der Waals surface area (Å²) in [5.74, 6) is 0. The van der Waals surface area contributed by atoms with Crippen LogP contribution in [0.2, 0.25) is 0 Å². The summed E-state index contributed by atoms with van der Waals surface area (Å²) in [6.45, 7) is 7.47. The molecule has 4 rings (SSSR count). The monoisotopic (exact) mass is 397 g/mol. The number of halogens is 3.